The third-order valence-corrected chi connectivity index (χ3v) is 8.96. The summed E-state index contributed by atoms with van der Waals surface area (Å²) in [7, 11) is 2.87. The molecule has 0 radical (unpaired) electrons. The Morgan fingerprint density at radius 3 is 2.19 bits per heavy atom. The van der Waals surface area contributed by atoms with E-state index < -0.39 is 99.6 Å². The van der Waals surface area contributed by atoms with Gasteiger partial charge in [-0.05, 0) is 49.4 Å². The quantitative estimate of drug-likeness (QED) is 0.110. The first-order valence-corrected chi connectivity index (χ1v) is 13.4. The molecule has 2 heterocycles. The van der Waals surface area contributed by atoms with Crippen LogP contribution in [0.3, 0.4) is 0 Å². The molecule has 2 fully saturated rings. The van der Waals surface area contributed by atoms with Gasteiger partial charge < -0.3 is 44.8 Å². The molecule has 42 heavy (non-hydrogen) atoms. The number of rotatable bonds is 4. The molecule has 6 rings (SSSR count). The highest BCUT2D eigenvalue weighted by Crippen LogP contribution is 2.57. The van der Waals surface area contributed by atoms with Crippen molar-refractivity contribution in [3.05, 3.63) is 51.6 Å². The average Bonchev–Trinajstić information content (AvgIpc) is 3.61. The van der Waals surface area contributed by atoms with E-state index in [0.717, 1.165) is 12.1 Å². The molecule has 2 aliphatic carbocycles. The standard InChI is InChI=1S/C29H32O13/c1-10-24(35)29(3,37)25(38-4)26(39-10)40-15-9-28(2,36)20(27-41-42(27)5)11-8-12-17(22(33)16(11)15)23(34)19-14(31)7-6-13(30)18(19)21(12)32/h6-8,10,15,20,24-27,35-37H,9H2,1-5H3,(H2-,30,31,32,33,34)/p+1/t10-,15-,20-,24-,25-,26-,27+,28-,29+/m0/s1. The SMILES string of the molecule is CO[C@H]1[C@H](O[C@H]2C[C@](C)(O)[C@H]([C@@H]3O[O+]3C)c3cc4c(c(O)c32)C(=O)c2c(O)ccc(O)c2C4=O)O[C@@H](C)[C@H](O)[C@@]1(C)O. The number of ether oxygens (including phenoxy) is 3. The van der Waals surface area contributed by atoms with E-state index in [9.17, 15) is 40.2 Å². The lowest BCUT2D eigenvalue weighted by Crippen LogP contribution is -2.65. The number of phenolic OH excluding ortho intramolecular Hbond substituents is 3. The normalized spacial score (nSPS) is 37.7. The Morgan fingerprint density at radius 1 is 1.02 bits per heavy atom. The summed E-state index contributed by atoms with van der Waals surface area (Å²) < 4.78 is 20.0. The topological polar surface area (TPSA) is 198 Å². The van der Waals surface area contributed by atoms with Crippen molar-refractivity contribution in [1.29, 1.82) is 0 Å². The number of methoxy groups -OCH3 is 1. The van der Waals surface area contributed by atoms with Crippen molar-refractivity contribution < 1.29 is 63.8 Å². The van der Waals surface area contributed by atoms with Gasteiger partial charge >= 0.3 is 6.29 Å². The van der Waals surface area contributed by atoms with Gasteiger partial charge in [-0.15, -0.1) is 0 Å². The number of hydrogen-bond acceptors (Lipinski definition) is 12. The van der Waals surface area contributed by atoms with Gasteiger partial charge in [0.25, 0.3) is 0 Å². The van der Waals surface area contributed by atoms with E-state index >= 15 is 0 Å². The molecule has 2 saturated heterocycles. The smallest absolute Gasteiger partial charge is 0.379 e. The lowest BCUT2D eigenvalue weighted by atomic mass is 9.68. The largest absolute Gasteiger partial charge is 0.507 e. The third-order valence-electron chi connectivity index (χ3n) is 8.96. The molecular weight excluding hydrogens is 556 g/mol. The van der Waals surface area contributed by atoms with Gasteiger partial charge in [-0.3, -0.25) is 9.59 Å². The molecule has 6 N–H and O–H groups in total. The van der Waals surface area contributed by atoms with Crippen molar-refractivity contribution in [3.63, 3.8) is 0 Å². The van der Waals surface area contributed by atoms with Crippen molar-refractivity contribution in [2.24, 2.45) is 0 Å². The predicted molar refractivity (Wildman–Crippen MR) is 140 cm³/mol. The molecule has 2 aliphatic heterocycles. The van der Waals surface area contributed by atoms with E-state index in [1.54, 1.807) is 7.11 Å². The van der Waals surface area contributed by atoms with Gasteiger partial charge in [0.2, 0.25) is 5.78 Å². The fourth-order valence-corrected chi connectivity index (χ4v) is 6.77. The van der Waals surface area contributed by atoms with Gasteiger partial charge in [-0.25, -0.2) is 4.52 Å². The first-order valence-electron chi connectivity index (χ1n) is 13.4. The number of carbonyl (C=O) groups is 2. The zero-order valence-corrected chi connectivity index (χ0v) is 23.5. The van der Waals surface area contributed by atoms with Crippen LogP contribution in [0.25, 0.3) is 0 Å². The highest BCUT2D eigenvalue weighted by Gasteiger charge is 2.63. The summed E-state index contributed by atoms with van der Waals surface area (Å²) in [5.74, 6) is -4.22. The third kappa shape index (κ3) is 4.00. The number of fused-ring (bicyclic) bond motifs is 3. The zero-order chi connectivity index (χ0) is 30.6. The summed E-state index contributed by atoms with van der Waals surface area (Å²) in [6.07, 6.45) is -6.73. The number of hydrogen-bond donors (Lipinski definition) is 6. The highest BCUT2D eigenvalue weighted by molar-refractivity contribution is 6.31. The maximum atomic E-state index is 13.7. The van der Waals surface area contributed by atoms with Crippen molar-refractivity contribution in [3.8, 4) is 17.2 Å². The average molecular weight is 590 g/mol. The van der Waals surface area contributed by atoms with Crippen molar-refractivity contribution in [2.45, 2.75) is 81.3 Å². The number of carbonyl (C=O) groups excluding carboxylic acids is 2. The lowest BCUT2D eigenvalue weighted by Gasteiger charge is -2.49. The molecule has 0 unspecified atom stereocenters. The molecule has 226 valence electrons. The van der Waals surface area contributed by atoms with E-state index in [4.69, 9.17) is 19.1 Å². The molecule has 9 atom stereocenters. The second-order valence-corrected chi connectivity index (χ2v) is 11.8. The van der Waals surface area contributed by atoms with Crippen LogP contribution in [-0.4, -0.2) is 98.5 Å². The fraction of sp³-hybridized carbons (Fsp3) is 0.517. The van der Waals surface area contributed by atoms with Crippen LogP contribution in [0.2, 0.25) is 0 Å². The maximum absolute atomic E-state index is 13.7. The summed E-state index contributed by atoms with van der Waals surface area (Å²) in [4.78, 5) is 32.8. The number of phenols is 3. The fourth-order valence-electron chi connectivity index (χ4n) is 6.77. The molecule has 4 aliphatic rings. The van der Waals surface area contributed by atoms with Gasteiger partial charge in [0.1, 0.15) is 41.0 Å². The summed E-state index contributed by atoms with van der Waals surface area (Å²) in [6, 6.07) is 3.52. The number of benzene rings is 2. The second-order valence-electron chi connectivity index (χ2n) is 11.8. The van der Waals surface area contributed by atoms with Crippen molar-refractivity contribution in [2.75, 3.05) is 14.2 Å². The van der Waals surface area contributed by atoms with Crippen LogP contribution < -0.4 is 0 Å². The molecule has 0 amide bonds. The number of ketones is 2. The second kappa shape index (κ2) is 9.43. The minimum absolute atomic E-state index is 0.0656. The van der Waals surface area contributed by atoms with Crippen LogP contribution in [0.1, 0.15) is 82.2 Å². The maximum Gasteiger partial charge on any atom is 0.379 e. The van der Waals surface area contributed by atoms with Crippen LogP contribution >= 0.6 is 0 Å². The molecule has 0 saturated carbocycles. The Hall–Kier alpha value is -3.14. The minimum atomic E-state index is -1.80. The first-order chi connectivity index (χ1) is 19.6. The minimum Gasteiger partial charge on any atom is -0.507 e. The van der Waals surface area contributed by atoms with E-state index in [1.165, 1.54) is 33.9 Å². The van der Waals surface area contributed by atoms with Gasteiger partial charge in [0, 0.05) is 24.7 Å². The molecule has 0 aromatic heterocycles. The summed E-state index contributed by atoms with van der Waals surface area (Å²) in [5, 5.41) is 65.9. The Labute approximate surface area is 240 Å². The van der Waals surface area contributed by atoms with Crippen LogP contribution in [0.4, 0.5) is 0 Å². The summed E-state index contributed by atoms with van der Waals surface area (Å²) in [6.45, 7) is 4.45. The molecular formula is C29H33O13+. The van der Waals surface area contributed by atoms with E-state index in [0.29, 0.717) is 0 Å². The molecule has 2 aromatic rings. The first kappa shape index (κ1) is 29.0. The van der Waals surface area contributed by atoms with Gasteiger partial charge in [0.15, 0.2) is 19.2 Å². The van der Waals surface area contributed by atoms with Crippen molar-refractivity contribution >= 4 is 11.6 Å². The molecule has 0 bridgehead atoms. The predicted octanol–water partition coefficient (Wildman–Crippen LogP) is 1.20. The Bertz CT molecular complexity index is 1500. The van der Waals surface area contributed by atoms with Gasteiger partial charge in [0.05, 0.1) is 34.5 Å². The van der Waals surface area contributed by atoms with Gasteiger partial charge in [-0.1, -0.05) is 0 Å². The van der Waals surface area contributed by atoms with E-state index in [-0.39, 0.29) is 23.1 Å². The Kier molecular flexibility index (Phi) is 6.50. The molecule has 0 spiro atoms. The number of aromatic hydroxyl groups is 3. The molecule has 13 nitrogen and oxygen atoms in total. The lowest BCUT2D eigenvalue weighted by molar-refractivity contribution is -0.338. The van der Waals surface area contributed by atoms with Crippen LogP contribution in [-0.2, 0) is 23.6 Å². The Balaban J connectivity index is 1.53. The molecule has 2 aromatic carbocycles. The zero-order valence-electron chi connectivity index (χ0n) is 23.5. The number of aliphatic hydroxyl groups is 3. The van der Waals surface area contributed by atoms with Gasteiger partial charge in [-0.2, -0.15) is 0 Å². The van der Waals surface area contributed by atoms with E-state index in [1.807, 2.05) is 0 Å². The Morgan fingerprint density at radius 2 is 1.62 bits per heavy atom. The number of aliphatic hydroxyl groups excluding tert-OH is 1. The van der Waals surface area contributed by atoms with E-state index in [2.05, 4.69) is 4.52 Å². The van der Waals surface area contributed by atoms with Crippen LogP contribution in [0.5, 0.6) is 17.2 Å². The summed E-state index contributed by atoms with van der Waals surface area (Å²) >= 11 is 0. The summed E-state index contributed by atoms with van der Waals surface area (Å²) in [5.41, 5.74) is -4.55. The highest BCUT2D eigenvalue weighted by atomic mass is 17.5. The monoisotopic (exact) mass is 589 g/mol. The van der Waals surface area contributed by atoms with Crippen LogP contribution in [0, 0.1) is 0 Å². The van der Waals surface area contributed by atoms with Crippen LogP contribution in [0.15, 0.2) is 18.2 Å². The van der Waals surface area contributed by atoms with Crippen molar-refractivity contribution in [1.82, 2.24) is 0 Å². The molecule has 13 heteroatoms.